The average molecular weight is 262 g/mol. The second-order valence-corrected chi connectivity index (χ2v) is 4.85. The van der Waals surface area contributed by atoms with Crippen molar-refractivity contribution in [1.29, 1.82) is 0 Å². The number of halogens is 1. The first-order valence-corrected chi connectivity index (χ1v) is 6.03. The Morgan fingerprint density at radius 2 is 2.44 bits per heavy atom. The van der Waals surface area contributed by atoms with E-state index >= 15 is 0 Å². The zero-order valence-corrected chi connectivity index (χ0v) is 10.8. The van der Waals surface area contributed by atoms with Crippen molar-refractivity contribution < 1.29 is 4.79 Å². The number of hydrogen-bond donors (Lipinski definition) is 2. The van der Waals surface area contributed by atoms with Crippen molar-refractivity contribution in [3.8, 4) is 0 Å². The molecule has 16 heavy (non-hydrogen) atoms. The zero-order valence-electron chi connectivity index (χ0n) is 9.16. The van der Waals surface area contributed by atoms with Gasteiger partial charge in [0.15, 0.2) is 0 Å². The molecule has 0 aromatic carbocycles. The van der Waals surface area contributed by atoms with Crippen molar-refractivity contribution >= 4 is 29.7 Å². The van der Waals surface area contributed by atoms with Crippen LogP contribution in [0.3, 0.4) is 0 Å². The second-order valence-electron chi connectivity index (χ2n) is 3.65. The smallest absolute Gasteiger partial charge is 0.226 e. The van der Waals surface area contributed by atoms with Crippen LogP contribution in [0.25, 0.3) is 0 Å². The van der Waals surface area contributed by atoms with Gasteiger partial charge in [0.25, 0.3) is 0 Å². The SMILES string of the molecule is CCc1cnc(CNC(=O)C2CNC2)s1.Cl. The van der Waals surface area contributed by atoms with Gasteiger partial charge in [-0.25, -0.2) is 4.98 Å². The summed E-state index contributed by atoms with van der Waals surface area (Å²) in [6.07, 6.45) is 2.90. The number of thiazole rings is 1. The van der Waals surface area contributed by atoms with Gasteiger partial charge in [-0.05, 0) is 6.42 Å². The van der Waals surface area contributed by atoms with Crippen LogP contribution in [0.1, 0.15) is 16.8 Å². The molecular formula is C10H16ClN3OS. The van der Waals surface area contributed by atoms with Gasteiger partial charge in [-0.15, -0.1) is 23.7 Å². The monoisotopic (exact) mass is 261 g/mol. The Kier molecular flexibility index (Phi) is 5.18. The molecule has 0 aliphatic carbocycles. The summed E-state index contributed by atoms with van der Waals surface area (Å²) in [5.41, 5.74) is 0. The van der Waals surface area contributed by atoms with Gasteiger partial charge in [-0.2, -0.15) is 0 Å². The minimum absolute atomic E-state index is 0. The normalized spacial score (nSPS) is 15.1. The molecule has 1 saturated heterocycles. The molecule has 0 unspecified atom stereocenters. The molecule has 1 amide bonds. The maximum atomic E-state index is 11.5. The maximum absolute atomic E-state index is 11.5. The molecule has 1 fully saturated rings. The lowest BCUT2D eigenvalue weighted by Gasteiger charge is -2.25. The summed E-state index contributed by atoms with van der Waals surface area (Å²) in [5.74, 6) is 0.303. The molecule has 6 heteroatoms. The fourth-order valence-corrected chi connectivity index (χ4v) is 2.18. The molecule has 2 heterocycles. The van der Waals surface area contributed by atoms with Crippen molar-refractivity contribution in [2.45, 2.75) is 19.9 Å². The van der Waals surface area contributed by atoms with Crippen molar-refractivity contribution in [2.24, 2.45) is 5.92 Å². The van der Waals surface area contributed by atoms with E-state index in [-0.39, 0.29) is 24.2 Å². The number of nitrogens with zero attached hydrogens (tertiary/aromatic N) is 1. The number of carbonyl (C=O) groups is 1. The van der Waals surface area contributed by atoms with E-state index in [0.717, 1.165) is 24.5 Å². The van der Waals surface area contributed by atoms with Crippen LogP contribution in [0.2, 0.25) is 0 Å². The molecule has 1 aliphatic heterocycles. The standard InChI is InChI=1S/C10H15N3OS.ClH/c1-2-8-5-12-9(15-8)6-13-10(14)7-3-11-4-7;/h5,7,11H,2-4,6H2,1H3,(H,13,14);1H. The second kappa shape index (κ2) is 6.18. The molecule has 90 valence electrons. The van der Waals surface area contributed by atoms with E-state index in [1.807, 2.05) is 6.20 Å². The number of hydrogen-bond acceptors (Lipinski definition) is 4. The molecule has 1 aliphatic rings. The number of aryl methyl sites for hydroxylation is 1. The summed E-state index contributed by atoms with van der Waals surface area (Å²) < 4.78 is 0. The summed E-state index contributed by atoms with van der Waals surface area (Å²) in [4.78, 5) is 17.0. The fraction of sp³-hybridized carbons (Fsp3) is 0.600. The molecule has 0 atom stereocenters. The van der Waals surface area contributed by atoms with Gasteiger partial charge in [0.05, 0.1) is 12.5 Å². The Morgan fingerprint density at radius 1 is 1.69 bits per heavy atom. The molecule has 1 aromatic heterocycles. The third kappa shape index (κ3) is 3.17. The van der Waals surface area contributed by atoms with E-state index in [2.05, 4.69) is 22.5 Å². The van der Waals surface area contributed by atoms with Gasteiger partial charge in [-0.1, -0.05) is 6.92 Å². The Hall–Kier alpha value is -0.650. The zero-order chi connectivity index (χ0) is 10.7. The lowest BCUT2D eigenvalue weighted by molar-refractivity contribution is -0.126. The van der Waals surface area contributed by atoms with Gasteiger partial charge >= 0.3 is 0 Å². The summed E-state index contributed by atoms with van der Waals surface area (Å²) in [7, 11) is 0. The number of carbonyl (C=O) groups excluding carboxylic acids is 1. The highest BCUT2D eigenvalue weighted by molar-refractivity contribution is 7.11. The van der Waals surface area contributed by atoms with Gasteiger partial charge in [0.1, 0.15) is 5.01 Å². The number of aromatic nitrogens is 1. The lowest BCUT2D eigenvalue weighted by Crippen LogP contribution is -2.50. The highest BCUT2D eigenvalue weighted by Crippen LogP contribution is 2.13. The minimum atomic E-state index is 0. The number of rotatable bonds is 4. The maximum Gasteiger partial charge on any atom is 0.226 e. The van der Waals surface area contributed by atoms with Crippen LogP contribution in [0.5, 0.6) is 0 Å². The minimum Gasteiger partial charge on any atom is -0.349 e. The number of amides is 1. The van der Waals surface area contributed by atoms with Crippen LogP contribution in [0.15, 0.2) is 6.20 Å². The highest BCUT2D eigenvalue weighted by Gasteiger charge is 2.24. The predicted octanol–water partition coefficient (Wildman–Crippen LogP) is 0.963. The topological polar surface area (TPSA) is 54.0 Å². The van der Waals surface area contributed by atoms with E-state index < -0.39 is 0 Å². The number of nitrogens with one attached hydrogen (secondary N) is 2. The molecule has 0 radical (unpaired) electrons. The molecule has 1 aromatic rings. The van der Waals surface area contributed by atoms with E-state index in [1.54, 1.807) is 11.3 Å². The Balaban J connectivity index is 0.00000128. The Morgan fingerprint density at radius 3 is 2.94 bits per heavy atom. The molecule has 0 spiro atoms. The van der Waals surface area contributed by atoms with Gasteiger partial charge in [-0.3, -0.25) is 4.79 Å². The molecule has 2 N–H and O–H groups in total. The first-order valence-electron chi connectivity index (χ1n) is 5.21. The van der Waals surface area contributed by atoms with Crippen LogP contribution >= 0.6 is 23.7 Å². The van der Waals surface area contributed by atoms with E-state index in [0.29, 0.717) is 6.54 Å². The Labute approximate surface area is 105 Å². The molecule has 0 bridgehead atoms. The van der Waals surface area contributed by atoms with E-state index in [9.17, 15) is 4.79 Å². The van der Waals surface area contributed by atoms with Crippen LogP contribution in [0.4, 0.5) is 0 Å². The lowest BCUT2D eigenvalue weighted by atomic mass is 10.0. The largest absolute Gasteiger partial charge is 0.349 e. The van der Waals surface area contributed by atoms with Crippen LogP contribution in [-0.4, -0.2) is 24.0 Å². The summed E-state index contributed by atoms with van der Waals surface area (Å²) in [6.45, 7) is 4.30. The molecule has 4 nitrogen and oxygen atoms in total. The van der Waals surface area contributed by atoms with Crippen molar-refractivity contribution in [1.82, 2.24) is 15.6 Å². The first-order chi connectivity index (χ1) is 7.29. The summed E-state index contributed by atoms with van der Waals surface area (Å²) >= 11 is 1.67. The van der Waals surface area contributed by atoms with Gasteiger partial charge < -0.3 is 10.6 Å². The average Bonchev–Trinajstić information content (AvgIpc) is 2.59. The Bertz CT molecular complexity index is 352. The van der Waals surface area contributed by atoms with E-state index in [1.165, 1.54) is 4.88 Å². The van der Waals surface area contributed by atoms with Crippen molar-refractivity contribution in [3.63, 3.8) is 0 Å². The van der Waals surface area contributed by atoms with Crippen LogP contribution < -0.4 is 10.6 Å². The molecular weight excluding hydrogens is 246 g/mol. The van der Waals surface area contributed by atoms with Crippen molar-refractivity contribution in [3.05, 3.63) is 16.1 Å². The van der Waals surface area contributed by atoms with Gasteiger partial charge in [0, 0.05) is 24.2 Å². The van der Waals surface area contributed by atoms with E-state index in [4.69, 9.17) is 0 Å². The van der Waals surface area contributed by atoms with Crippen LogP contribution in [0, 0.1) is 5.92 Å². The summed E-state index contributed by atoms with van der Waals surface area (Å²) in [6, 6.07) is 0. The quantitative estimate of drug-likeness (QED) is 0.849. The molecule has 0 saturated carbocycles. The predicted molar refractivity (Wildman–Crippen MR) is 66.9 cm³/mol. The fourth-order valence-electron chi connectivity index (χ4n) is 1.37. The first kappa shape index (κ1) is 13.4. The highest BCUT2D eigenvalue weighted by atomic mass is 35.5. The third-order valence-corrected chi connectivity index (χ3v) is 3.66. The van der Waals surface area contributed by atoms with Crippen LogP contribution in [-0.2, 0) is 17.8 Å². The third-order valence-electron chi connectivity index (χ3n) is 2.52. The molecule has 2 rings (SSSR count). The van der Waals surface area contributed by atoms with Gasteiger partial charge in [0.2, 0.25) is 5.91 Å². The van der Waals surface area contributed by atoms with Crippen molar-refractivity contribution in [2.75, 3.05) is 13.1 Å². The summed E-state index contributed by atoms with van der Waals surface area (Å²) in [5, 5.41) is 6.98.